The number of anilines is 4. The number of nitrogens with zero attached hydrogens (tertiary/aromatic N) is 21. The highest BCUT2D eigenvalue weighted by Crippen LogP contribution is 2.42. The van der Waals surface area contributed by atoms with Crippen LogP contribution in [0.25, 0.3) is 67.6 Å². The number of piperazine rings is 1. The number of halogens is 8. The summed E-state index contributed by atoms with van der Waals surface area (Å²) in [6, 6.07) is 26.3. The minimum absolute atomic E-state index is 0.0102. The van der Waals surface area contributed by atoms with Gasteiger partial charge in [0, 0.05) is 119 Å². The number of imidazole rings is 4. The van der Waals surface area contributed by atoms with E-state index in [-0.39, 0.29) is 59.2 Å². The lowest BCUT2D eigenvalue weighted by atomic mass is 9.71. The van der Waals surface area contributed by atoms with Gasteiger partial charge in [-0.3, -0.25) is 9.59 Å². The first-order chi connectivity index (χ1) is 53.3. The van der Waals surface area contributed by atoms with Crippen LogP contribution >= 0.6 is 0 Å². The highest BCUT2D eigenvalue weighted by Gasteiger charge is 2.48. The molecule has 1 unspecified atom stereocenters. The van der Waals surface area contributed by atoms with Gasteiger partial charge in [-0.2, -0.15) is 20.4 Å². The summed E-state index contributed by atoms with van der Waals surface area (Å²) in [6.07, 6.45) is 12.5. The first-order valence-corrected chi connectivity index (χ1v) is 36.6. The Hall–Kier alpha value is -11.4. The summed E-state index contributed by atoms with van der Waals surface area (Å²) in [7, 11) is 0. The molecule has 0 bridgehead atoms. The highest BCUT2D eigenvalue weighted by atomic mass is 19.3. The van der Waals surface area contributed by atoms with Crippen molar-refractivity contribution in [2.75, 3.05) is 105 Å². The first kappa shape index (κ1) is 74.1. The second kappa shape index (κ2) is 32.0. The fourth-order valence-electron chi connectivity index (χ4n) is 14.9. The summed E-state index contributed by atoms with van der Waals surface area (Å²) in [4.78, 5) is 69.0. The third kappa shape index (κ3) is 16.3. The summed E-state index contributed by atoms with van der Waals surface area (Å²) < 4.78 is 110. The molecule has 3 N–H and O–H groups in total. The number of fused-ring (bicyclic) bond motifs is 4. The quantitative estimate of drug-likeness (QED) is 0.0905. The molecule has 12 aromatic heterocycles. The van der Waals surface area contributed by atoms with E-state index in [1.165, 1.54) is 86.2 Å². The van der Waals surface area contributed by atoms with Gasteiger partial charge in [0.25, 0.3) is 25.7 Å². The van der Waals surface area contributed by atoms with Crippen molar-refractivity contribution in [2.24, 2.45) is 11.3 Å². The van der Waals surface area contributed by atoms with Crippen molar-refractivity contribution >= 4 is 57.7 Å². The number of hydrogen-bond donors (Lipinski definition) is 3. The van der Waals surface area contributed by atoms with Gasteiger partial charge in [-0.05, 0) is 179 Å². The number of nitrogens with one attached hydrogen (secondary N) is 2. The first-order valence-electron chi connectivity index (χ1n) is 36.6. The van der Waals surface area contributed by atoms with Crippen molar-refractivity contribution in [3.8, 4) is 45.0 Å². The monoisotopic (exact) mass is 1510 g/mol. The lowest BCUT2D eigenvalue weighted by Crippen LogP contribution is -2.56. The number of amides is 2. The summed E-state index contributed by atoms with van der Waals surface area (Å²) in [6.45, 7) is 11.5. The number of aromatic nitrogens is 16. The van der Waals surface area contributed by atoms with Crippen molar-refractivity contribution in [3.63, 3.8) is 0 Å². The molecule has 12 aromatic rings. The average Bonchev–Trinajstić information content (AvgIpc) is 1.28. The lowest BCUT2D eigenvalue weighted by molar-refractivity contribution is -0.128. The molecule has 2 amide bonds. The van der Waals surface area contributed by atoms with Crippen molar-refractivity contribution < 1.29 is 49.8 Å². The van der Waals surface area contributed by atoms with Gasteiger partial charge in [0.1, 0.15) is 46.0 Å². The number of pyridine rings is 4. The van der Waals surface area contributed by atoms with E-state index in [1.54, 1.807) is 68.6 Å². The molecule has 34 heteroatoms. The van der Waals surface area contributed by atoms with Gasteiger partial charge in [-0.1, -0.05) is 0 Å². The smallest absolute Gasteiger partial charge is 0.282 e. The molecular weight excluding hydrogens is 1430 g/mol. The molecule has 110 heavy (non-hydrogen) atoms. The Bertz CT molecular complexity index is 5250. The summed E-state index contributed by atoms with van der Waals surface area (Å²) in [5.41, 5.74) is 7.07. The van der Waals surface area contributed by atoms with Crippen LogP contribution in [0.3, 0.4) is 0 Å². The maximum Gasteiger partial charge on any atom is 0.282 e. The lowest BCUT2D eigenvalue weighted by Gasteiger charge is -2.44. The number of carbonyl (C=O) groups is 2. The summed E-state index contributed by atoms with van der Waals surface area (Å²) in [5.74, 6) is 3.50. The van der Waals surface area contributed by atoms with Crippen LogP contribution in [0.5, 0.6) is 0 Å². The molecule has 572 valence electrons. The SMILES string of the molecule is CC(=O)N1CCCN(c2cc(-c3cnc4ccc(C(F)F)nn34)ccn2)CC1.FC(F)c1ccc2ncc(-c3ccnc(N4CCC5(CCNCC5)CC4)c3)n2n1.O=C1CN(c2cc(-c3cnc4ccc(C(F)F)nn34)ccn2)CC2(CC2)N1.OCC1CCCN(c2cc(-c3cnc4ccc(C(F)F)nn34)ccn2)C1. The van der Waals surface area contributed by atoms with Crippen LogP contribution in [0.15, 0.2) is 147 Å². The number of aliphatic hydroxyl groups excluding tert-OH is 1. The number of carbonyl (C=O) groups excluding carboxylic acids is 2. The Morgan fingerprint density at radius 1 is 0.464 bits per heavy atom. The van der Waals surface area contributed by atoms with Crippen LogP contribution in [-0.2, 0) is 9.59 Å². The highest BCUT2D eigenvalue weighted by molar-refractivity contribution is 5.84. The van der Waals surface area contributed by atoms with Crippen LogP contribution in [-0.4, -0.2) is 191 Å². The van der Waals surface area contributed by atoms with Crippen molar-refractivity contribution in [1.29, 1.82) is 0 Å². The van der Waals surface area contributed by atoms with Crippen molar-refractivity contribution in [3.05, 3.63) is 169 Å². The van der Waals surface area contributed by atoms with Gasteiger partial charge in [0.2, 0.25) is 11.8 Å². The van der Waals surface area contributed by atoms with Crippen molar-refractivity contribution in [1.82, 2.24) is 93.9 Å². The maximum atomic E-state index is 13.1. The zero-order chi connectivity index (χ0) is 76.2. The number of alkyl halides is 8. The Balaban J connectivity index is 0.000000117. The fourth-order valence-corrected chi connectivity index (χ4v) is 14.9. The van der Waals surface area contributed by atoms with Crippen LogP contribution in [0.4, 0.5) is 58.4 Å². The molecule has 6 aliphatic rings. The molecule has 1 saturated carbocycles. The van der Waals surface area contributed by atoms with Crippen LogP contribution in [0.1, 0.15) is 113 Å². The standard InChI is InChI=1S/C21H24F2N6.C19H20F2N6O.C18H16F2N6O.C18H19F2N5O/c22-20(23)16-1-2-18-26-14-17(29(18)27-16)15-3-8-25-19(13-15)28-11-6-21(7-12-28)4-9-24-10-5-21;1-13(28)25-7-2-8-26(10-9-25)18-11-14(5-6-22-18)16-12-23-17-4-3-15(19(20)21)24-27(16)17;19-17(20)12-1-2-14-22-8-13(26(14)24-12)11-3-6-21-15(7-11)25-9-16(27)23-18(10-25)4-5-18;19-18(20)14-3-4-16-22-9-15(25(16)23-14)13-5-6-21-17(8-13)24-7-1-2-12(10-24)11-26/h1-3,8,13-14,20,24H,4-7,9-12H2;3-6,11-12,19H,2,7-10H2,1H3;1-3,6-8,17H,4-5,9-10H2,(H,23,27);3-6,8-9,12,18,26H,1-2,7,10-11H2. The van der Waals surface area contributed by atoms with E-state index >= 15 is 0 Å². The van der Waals surface area contributed by atoms with Crippen LogP contribution in [0, 0.1) is 11.3 Å². The van der Waals surface area contributed by atoms with E-state index < -0.39 is 25.7 Å². The minimum atomic E-state index is -2.65. The minimum Gasteiger partial charge on any atom is -0.396 e. The van der Waals surface area contributed by atoms with Gasteiger partial charge >= 0.3 is 0 Å². The van der Waals surface area contributed by atoms with E-state index in [1.807, 2.05) is 52.3 Å². The second-order valence-electron chi connectivity index (χ2n) is 28.4. The molecule has 0 aromatic carbocycles. The Labute approximate surface area is 625 Å². The molecule has 1 aliphatic carbocycles. The number of piperidine rings is 3. The maximum absolute atomic E-state index is 13.1. The van der Waals surface area contributed by atoms with E-state index in [0.717, 1.165) is 131 Å². The molecule has 18 rings (SSSR count). The van der Waals surface area contributed by atoms with Gasteiger partial charge in [0.05, 0.1) is 59.6 Å². The fraction of sp³-hybridized carbons (Fsp3) is 0.395. The molecule has 5 aliphatic heterocycles. The van der Waals surface area contributed by atoms with E-state index in [9.17, 15) is 49.8 Å². The van der Waals surface area contributed by atoms with Crippen molar-refractivity contribution in [2.45, 2.75) is 96.0 Å². The Morgan fingerprint density at radius 3 is 1.25 bits per heavy atom. The average molecular weight is 1510 g/mol. The topological polar surface area (TPSA) is 267 Å². The number of hydrogen-bond acceptors (Lipinski definition) is 20. The van der Waals surface area contributed by atoms with E-state index in [0.29, 0.717) is 69.7 Å². The molecule has 2 spiro atoms. The number of rotatable bonds is 13. The largest absolute Gasteiger partial charge is 0.396 e. The third-order valence-corrected chi connectivity index (χ3v) is 21.2. The van der Waals surface area contributed by atoms with Gasteiger partial charge in [-0.15, -0.1) is 0 Å². The molecular formula is C76H79F8N23O3. The molecule has 1 atom stereocenters. The van der Waals surface area contributed by atoms with E-state index in [4.69, 9.17) is 0 Å². The predicted molar refractivity (Wildman–Crippen MR) is 394 cm³/mol. The molecule has 6 fully saturated rings. The van der Waals surface area contributed by atoms with Gasteiger partial charge < -0.3 is 40.2 Å². The normalized spacial score (nSPS) is 17.7. The van der Waals surface area contributed by atoms with Gasteiger partial charge in [-0.25, -0.2) is 93.1 Å². The van der Waals surface area contributed by atoms with Crippen LogP contribution in [0.2, 0.25) is 0 Å². The zero-order valence-electron chi connectivity index (χ0n) is 60.0. The molecule has 5 saturated heterocycles. The molecule has 0 radical (unpaired) electrons. The molecule has 17 heterocycles. The Kier molecular flexibility index (Phi) is 21.6. The van der Waals surface area contributed by atoms with Crippen LogP contribution < -0.4 is 30.2 Å². The second-order valence-corrected chi connectivity index (χ2v) is 28.4. The zero-order valence-corrected chi connectivity index (χ0v) is 60.0. The van der Waals surface area contributed by atoms with E-state index in [2.05, 4.69) is 85.6 Å². The third-order valence-electron chi connectivity index (χ3n) is 21.2. The molecule has 26 nitrogen and oxygen atoms in total. The predicted octanol–water partition coefficient (Wildman–Crippen LogP) is 11.6. The summed E-state index contributed by atoms with van der Waals surface area (Å²) >= 11 is 0. The number of aliphatic hydroxyl groups is 1. The van der Waals surface area contributed by atoms with Gasteiger partial charge in [0.15, 0.2) is 22.6 Å². The Morgan fingerprint density at radius 2 is 0.855 bits per heavy atom. The summed E-state index contributed by atoms with van der Waals surface area (Å²) in [5, 5.41) is 32.0.